The molecule has 0 unspecified atom stereocenters. The summed E-state index contributed by atoms with van der Waals surface area (Å²) in [5.41, 5.74) is 0.134. The molecule has 0 spiro atoms. The van der Waals surface area contributed by atoms with Crippen molar-refractivity contribution in [1.82, 2.24) is 0 Å². The van der Waals surface area contributed by atoms with Gasteiger partial charge in [-0.15, -0.1) is 0 Å². The van der Waals surface area contributed by atoms with Crippen LogP contribution in [-0.4, -0.2) is 31.6 Å². The number of aliphatic carboxylic acids is 1. The zero-order valence-corrected chi connectivity index (χ0v) is 11.5. The summed E-state index contributed by atoms with van der Waals surface area (Å²) in [6.45, 7) is 3.27. The molecule has 0 radical (unpaired) electrons. The van der Waals surface area contributed by atoms with Crippen molar-refractivity contribution in [3.63, 3.8) is 0 Å². The van der Waals surface area contributed by atoms with E-state index in [1.165, 1.54) is 14.2 Å². The smallest absolute Gasteiger partial charge is 0.309 e. The van der Waals surface area contributed by atoms with Gasteiger partial charge < -0.3 is 14.6 Å². The van der Waals surface area contributed by atoms with E-state index in [2.05, 4.69) is 0 Å². The molecular weight excluding hydrogens is 248 g/mol. The minimum atomic E-state index is -0.930. The van der Waals surface area contributed by atoms with Crippen LogP contribution in [0.25, 0.3) is 0 Å². The van der Waals surface area contributed by atoms with Crippen LogP contribution in [0.2, 0.25) is 0 Å². The van der Waals surface area contributed by atoms with Gasteiger partial charge in [0.2, 0.25) is 0 Å². The summed E-state index contributed by atoms with van der Waals surface area (Å²) in [7, 11) is 2.90. The number of benzene rings is 1. The molecule has 0 fully saturated rings. The molecular formula is C14H18O5. The lowest BCUT2D eigenvalue weighted by molar-refractivity contribution is -0.146. The lowest BCUT2D eigenvalue weighted by Crippen LogP contribution is -2.26. The van der Waals surface area contributed by atoms with Gasteiger partial charge in [0.05, 0.1) is 25.2 Å². The van der Waals surface area contributed by atoms with Crippen molar-refractivity contribution >= 4 is 12.3 Å². The molecule has 0 saturated heterocycles. The molecule has 0 bridgehead atoms. The van der Waals surface area contributed by atoms with E-state index in [-0.39, 0.29) is 6.42 Å². The zero-order valence-electron chi connectivity index (χ0n) is 11.5. The number of rotatable bonds is 6. The molecule has 1 aromatic rings. The van der Waals surface area contributed by atoms with Gasteiger partial charge in [-0.3, -0.25) is 9.59 Å². The second-order valence-corrected chi connectivity index (χ2v) is 4.86. The average molecular weight is 266 g/mol. The summed E-state index contributed by atoms with van der Waals surface area (Å²) in [6, 6.07) is 3.29. The number of carbonyl (C=O) groups excluding carboxylic acids is 1. The van der Waals surface area contributed by atoms with Crippen molar-refractivity contribution in [1.29, 1.82) is 0 Å². The molecule has 1 N–H and O–H groups in total. The average Bonchev–Trinajstić information content (AvgIpc) is 2.37. The van der Waals surface area contributed by atoms with Crippen LogP contribution >= 0.6 is 0 Å². The number of carbonyl (C=O) groups is 2. The molecule has 0 aliphatic rings. The Bertz CT molecular complexity index is 491. The second kappa shape index (κ2) is 5.73. The van der Waals surface area contributed by atoms with Crippen molar-refractivity contribution in [2.24, 2.45) is 5.41 Å². The Hall–Kier alpha value is -2.04. The van der Waals surface area contributed by atoms with Gasteiger partial charge in [-0.2, -0.15) is 0 Å². The number of ether oxygens (including phenoxy) is 2. The molecule has 0 aliphatic carbocycles. The minimum absolute atomic E-state index is 0.279. The van der Waals surface area contributed by atoms with Crippen molar-refractivity contribution in [3.05, 3.63) is 23.3 Å². The van der Waals surface area contributed by atoms with Crippen LogP contribution in [0.3, 0.4) is 0 Å². The quantitative estimate of drug-likeness (QED) is 0.799. The highest BCUT2D eigenvalue weighted by atomic mass is 16.5. The fraction of sp³-hybridized carbons (Fsp3) is 0.429. The number of methoxy groups -OCH3 is 2. The maximum atomic E-state index is 11.2. The molecule has 104 valence electrons. The van der Waals surface area contributed by atoms with E-state index < -0.39 is 11.4 Å². The lowest BCUT2D eigenvalue weighted by atomic mass is 9.85. The normalized spacial score (nSPS) is 10.9. The first kappa shape index (κ1) is 15.0. The van der Waals surface area contributed by atoms with Gasteiger partial charge in [0.1, 0.15) is 0 Å². The van der Waals surface area contributed by atoms with Gasteiger partial charge in [-0.25, -0.2) is 0 Å². The fourth-order valence-corrected chi connectivity index (χ4v) is 1.84. The molecule has 0 heterocycles. The second-order valence-electron chi connectivity index (χ2n) is 4.86. The highest BCUT2D eigenvalue weighted by Gasteiger charge is 2.29. The molecule has 19 heavy (non-hydrogen) atoms. The van der Waals surface area contributed by atoms with Crippen LogP contribution in [0.4, 0.5) is 0 Å². The van der Waals surface area contributed by atoms with E-state index in [1.807, 2.05) is 0 Å². The first-order valence-corrected chi connectivity index (χ1v) is 5.79. The van der Waals surface area contributed by atoms with Gasteiger partial charge >= 0.3 is 5.97 Å². The minimum Gasteiger partial charge on any atom is -0.493 e. The Morgan fingerprint density at radius 1 is 1.26 bits per heavy atom. The van der Waals surface area contributed by atoms with Crippen molar-refractivity contribution in [2.45, 2.75) is 20.3 Å². The van der Waals surface area contributed by atoms with E-state index in [0.717, 1.165) is 0 Å². The third kappa shape index (κ3) is 3.05. The van der Waals surface area contributed by atoms with Gasteiger partial charge in [0, 0.05) is 0 Å². The number of hydrogen-bond acceptors (Lipinski definition) is 4. The summed E-state index contributed by atoms with van der Waals surface area (Å²) in [5.74, 6) is -0.161. The van der Waals surface area contributed by atoms with E-state index >= 15 is 0 Å². The van der Waals surface area contributed by atoms with Crippen LogP contribution < -0.4 is 9.47 Å². The van der Waals surface area contributed by atoms with E-state index in [1.54, 1.807) is 26.0 Å². The Balaban J connectivity index is 3.30. The van der Waals surface area contributed by atoms with Gasteiger partial charge in [0.25, 0.3) is 0 Å². The highest BCUT2D eigenvalue weighted by Crippen LogP contribution is 2.37. The molecule has 0 aromatic heterocycles. The zero-order chi connectivity index (χ0) is 14.6. The summed E-state index contributed by atoms with van der Waals surface area (Å²) in [6.07, 6.45) is 0.953. The number of aldehydes is 1. The van der Waals surface area contributed by atoms with Gasteiger partial charge in [-0.1, -0.05) is 6.07 Å². The topological polar surface area (TPSA) is 72.8 Å². The predicted molar refractivity (Wildman–Crippen MR) is 70.1 cm³/mol. The molecule has 1 aromatic carbocycles. The van der Waals surface area contributed by atoms with Gasteiger partial charge in [-0.05, 0) is 31.9 Å². The Labute approximate surface area is 112 Å². The molecule has 0 aliphatic heterocycles. The third-order valence-corrected chi connectivity index (χ3v) is 2.97. The fourth-order valence-electron chi connectivity index (χ4n) is 1.84. The third-order valence-electron chi connectivity index (χ3n) is 2.97. The SMILES string of the molecule is COc1c(C=O)ccc(CC(C)(C)C(=O)O)c1OC. The standard InChI is InChI=1S/C14H18O5/c1-14(2,13(16)17)7-9-5-6-10(8-15)12(19-4)11(9)18-3/h5-6,8H,7H2,1-4H3,(H,16,17). The molecule has 0 amide bonds. The summed E-state index contributed by atoms with van der Waals surface area (Å²) in [5, 5.41) is 9.17. The number of carboxylic acid groups (broad SMARTS) is 1. The van der Waals surface area contributed by atoms with Crippen LogP contribution in [0, 0.1) is 5.41 Å². The first-order valence-electron chi connectivity index (χ1n) is 5.79. The Morgan fingerprint density at radius 3 is 2.26 bits per heavy atom. The van der Waals surface area contributed by atoms with E-state index in [9.17, 15) is 9.59 Å². The molecule has 5 nitrogen and oxygen atoms in total. The molecule has 1 rings (SSSR count). The molecule has 5 heteroatoms. The lowest BCUT2D eigenvalue weighted by Gasteiger charge is -2.22. The van der Waals surface area contributed by atoms with E-state index in [4.69, 9.17) is 14.6 Å². The highest BCUT2D eigenvalue weighted by molar-refractivity contribution is 5.82. The largest absolute Gasteiger partial charge is 0.493 e. The monoisotopic (exact) mass is 266 g/mol. The number of hydrogen-bond donors (Lipinski definition) is 1. The molecule has 0 saturated carbocycles. The van der Waals surface area contributed by atoms with Crippen LogP contribution in [0.5, 0.6) is 11.5 Å². The van der Waals surface area contributed by atoms with Crippen molar-refractivity contribution in [3.8, 4) is 11.5 Å². The number of carboxylic acids is 1. The Morgan fingerprint density at radius 2 is 1.84 bits per heavy atom. The summed E-state index contributed by atoms with van der Waals surface area (Å²) in [4.78, 5) is 22.1. The van der Waals surface area contributed by atoms with Crippen molar-refractivity contribution in [2.75, 3.05) is 14.2 Å². The van der Waals surface area contributed by atoms with Crippen LogP contribution in [0.15, 0.2) is 12.1 Å². The van der Waals surface area contributed by atoms with Crippen molar-refractivity contribution < 1.29 is 24.2 Å². The van der Waals surface area contributed by atoms with Gasteiger partial charge in [0.15, 0.2) is 17.8 Å². The maximum Gasteiger partial charge on any atom is 0.309 e. The summed E-state index contributed by atoms with van der Waals surface area (Å²) >= 11 is 0. The predicted octanol–water partition coefficient (Wildman–Crippen LogP) is 2.17. The first-order chi connectivity index (χ1) is 8.87. The molecule has 0 atom stereocenters. The summed E-state index contributed by atoms with van der Waals surface area (Å²) < 4.78 is 10.4. The Kier molecular flexibility index (Phi) is 4.53. The maximum absolute atomic E-state index is 11.2. The van der Waals surface area contributed by atoms with E-state index in [0.29, 0.717) is 28.9 Å². The van der Waals surface area contributed by atoms with Crippen LogP contribution in [0.1, 0.15) is 29.8 Å². The van der Waals surface area contributed by atoms with Crippen LogP contribution in [-0.2, 0) is 11.2 Å².